The molecule has 0 bridgehead atoms. The molecule has 1 aromatic carbocycles. The molecule has 6 rings (SSSR count). The molecule has 1 N–H and O–H groups in total. The Balaban J connectivity index is 1.27. The fourth-order valence-corrected chi connectivity index (χ4v) is 6.25. The number of nitrogens with zero attached hydrogens (tertiary/aromatic N) is 8. The summed E-state index contributed by atoms with van der Waals surface area (Å²) in [5.74, 6) is 2.03. The van der Waals surface area contributed by atoms with E-state index in [1.807, 2.05) is 17.4 Å². The van der Waals surface area contributed by atoms with Gasteiger partial charge >= 0.3 is 0 Å². The SMILES string of the molecule is Cc1ccc(S(=O)(=O)n2ccc3c2ncc2nnc([C@@H]4CC[C@H](CNc5cnc(C#N)cn5)C4)n23)cc1. The number of nitrogens with one attached hydrogen (secondary N) is 1. The van der Waals surface area contributed by atoms with Crippen LogP contribution in [0, 0.1) is 24.2 Å². The zero-order valence-corrected chi connectivity index (χ0v) is 20.8. The standard InChI is InChI=1S/C25H23N9O2S/c1-16-2-6-20(7-3-16)37(35,36)33-9-8-21-25(33)30-15-23-31-32-24(34(21)23)18-5-4-17(10-18)12-28-22-14-27-19(11-26)13-29-22/h2-3,6-9,13-15,17-18H,4-5,10,12H2,1H3,(H,28,29)/t17-,18+/m0/s1. The summed E-state index contributed by atoms with van der Waals surface area (Å²) in [7, 11) is -3.81. The first-order valence-electron chi connectivity index (χ1n) is 11.9. The summed E-state index contributed by atoms with van der Waals surface area (Å²) in [5.41, 5.74) is 2.85. The quantitative estimate of drug-likeness (QED) is 0.362. The summed E-state index contributed by atoms with van der Waals surface area (Å²) >= 11 is 0. The fraction of sp³-hybridized carbons (Fsp3) is 0.280. The average Bonchev–Trinajstić information content (AvgIpc) is 3.65. The minimum atomic E-state index is -3.81. The van der Waals surface area contributed by atoms with Gasteiger partial charge in [0, 0.05) is 18.7 Å². The van der Waals surface area contributed by atoms with Crippen LogP contribution in [0.2, 0.25) is 0 Å². The Morgan fingerprint density at radius 1 is 1.05 bits per heavy atom. The summed E-state index contributed by atoms with van der Waals surface area (Å²) < 4.78 is 29.9. The van der Waals surface area contributed by atoms with Crippen LogP contribution in [-0.2, 0) is 10.0 Å². The molecule has 1 aliphatic rings. The Labute approximate surface area is 212 Å². The van der Waals surface area contributed by atoms with Gasteiger partial charge in [-0.15, -0.1) is 10.2 Å². The van der Waals surface area contributed by atoms with Gasteiger partial charge in [-0.1, -0.05) is 17.7 Å². The molecule has 1 fully saturated rings. The summed E-state index contributed by atoms with van der Waals surface area (Å²) in [6.07, 6.45) is 8.98. The molecule has 37 heavy (non-hydrogen) atoms. The van der Waals surface area contributed by atoms with E-state index in [0.717, 1.165) is 37.2 Å². The van der Waals surface area contributed by atoms with E-state index >= 15 is 0 Å². The van der Waals surface area contributed by atoms with Crippen LogP contribution in [0.4, 0.5) is 5.82 Å². The van der Waals surface area contributed by atoms with Crippen LogP contribution in [0.3, 0.4) is 0 Å². The normalized spacial score (nSPS) is 17.8. The van der Waals surface area contributed by atoms with E-state index in [-0.39, 0.29) is 16.5 Å². The highest BCUT2D eigenvalue weighted by atomic mass is 32.2. The smallest absolute Gasteiger partial charge is 0.269 e. The minimum Gasteiger partial charge on any atom is -0.369 e. The van der Waals surface area contributed by atoms with Gasteiger partial charge < -0.3 is 5.32 Å². The molecule has 12 heteroatoms. The first kappa shape index (κ1) is 23.1. The van der Waals surface area contributed by atoms with Crippen LogP contribution in [-0.4, -0.2) is 48.5 Å². The summed E-state index contributed by atoms with van der Waals surface area (Å²) in [4.78, 5) is 12.9. The lowest BCUT2D eigenvalue weighted by Gasteiger charge is -2.12. The largest absolute Gasteiger partial charge is 0.369 e. The summed E-state index contributed by atoms with van der Waals surface area (Å²) in [6.45, 7) is 2.65. The maximum absolute atomic E-state index is 13.4. The van der Waals surface area contributed by atoms with Gasteiger partial charge in [-0.2, -0.15) is 5.26 Å². The Kier molecular flexibility index (Phi) is 5.57. The number of aromatic nitrogens is 7. The van der Waals surface area contributed by atoms with Gasteiger partial charge in [0.2, 0.25) is 0 Å². The minimum absolute atomic E-state index is 0.177. The number of fused-ring (bicyclic) bond motifs is 3. The van der Waals surface area contributed by atoms with Crippen LogP contribution >= 0.6 is 0 Å². The van der Waals surface area contributed by atoms with Gasteiger partial charge in [0.1, 0.15) is 17.7 Å². The third-order valence-corrected chi connectivity index (χ3v) is 8.56. The van der Waals surface area contributed by atoms with Crippen LogP contribution in [0.25, 0.3) is 16.8 Å². The second-order valence-corrected chi connectivity index (χ2v) is 11.1. The highest BCUT2D eigenvalue weighted by Crippen LogP contribution is 2.38. The maximum Gasteiger partial charge on any atom is 0.269 e. The zero-order chi connectivity index (χ0) is 25.6. The van der Waals surface area contributed by atoms with E-state index in [1.165, 1.54) is 16.4 Å². The van der Waals surface area contributed by atoms with Gasteiger partial charge in [-0.3, -0.25) is 4.40 Å². The van der Waals surface area contributed by atoms with Crippen molar-refractivity contribution in [2.75, 3.05) is 11.9 Å². The van der Waals surface area contributed by atoms with Crippen molar-refractivity contribution >= 4 is 32.7 Å². The maximum atomic E-state index is 13.4. The van der Waals surface area contributed by atoms with Crippen LogP contribution in [0.1, 0.15) is 42.3 Å². The number of hydrogen-bond donors (Lipinski definition) is 1. The van der Waals surface area contributed by atoms with Gasteiger partial charge in [0.15, 0.2) is 17.0 Å². The molecule has 4 heterocycles. The number of anilines is 1. The van der Waals surface area contributed by atoms with E-state index in [0.29, 0.717) is 28.5 Å². The molecule has 1 aliphatic carbocycles. The molecule has 0 unspecified atom stereocenters. The van der Waals surface area contributed by atoms with Crippen molar-refractivity contribution in [3.8, 4) is 6.07 Å². The Bertz CT molecular complexity index is 1750. The van der Waals surface area contributed by atoms with Crippen molar-refractivity contribution < 1.29 is 8.42 Å². The van der Waals surface area contributed by atoms with E-state index < -0.39 is 10.0 Å². The predicted octanol–water partition coefficient (Wildman–Crippen LogP) is 3.28. The van der Waals surface area contributed by atoms with Gasteiger partial charge in [-0.05, 0) is 50.3 Å². The molecule has 11 nitrogen and oxygen atoms in total. The monoisotopic (exact) mass is 513 g/mol. The van der Waals surface area contributed by atoms with Gasteiger partial charge in [-0.25, -0.2) is 27.3 Å². The number of benzene rings is 1. The van der Waals surface area contributed by atoms with Gasteiger partial charge in [0.05, 0.1) is 29.0 Å². The topological polar surface area (TPSA) is 144 Å². The molecule has 0 radical (unpaired) electrons. The molecule has 5 aromatic rings. The lowest BCUT2D eigenvalue weighted by molar-refractivity contribution is 0.558. The van der Waals surface area contributed by atoms with Crippen molar-refractivity contribution in [2.24, 2.45) is 5.92 Å². The number of rotatable bonds is 6. The molecular formula is C25H23N9O2S. The predicted molar refractivity (Wildman–Crippen MR) is 135 cm³/mol. The van der Waals surface area contributed by atoms with Crippen molar-refractivity contribution in [3.05, 3.63) is 72.2 Å². The first-order valence-corrected chi connectivity index (χ1v) is 13.4. The molecule has 0 spiro atoms. The number of aryl methyl sites for hydroxylation is 1. The lowest BCUT2D eigenvalue weighted by atomic mass is 10.0. The molecule has 0 aliphatic heterocycles. The molecule has 186 valence electrons. The van der Waals surface area contributed by atoms with E-state index in [4.69, 9.17) is 5.26 Å². The third-order valence-electron chi connectivity index (χ3n) is 6.88. The zero-order valence-electron chi connectivity index (χ0n) is 20.0. The number of hydrogen-bond acceptors (Lipinski definition) is 9. The van der Waals surface area contributed by atoms with Crippen molar-refractivity contribution in [1.29, 1.82) is 5.26 Å². The van der Waals surface area contributed by atoms with Crippen LogP contribution in [0.15, 0.2) is 60.0 Å². The highest BCUT2D eigenvalue weighted by Gasteiger charge is 2.30. The van der Waals surface area contributed by atoms with Gasteiger partial charge in [0.25, 0.3) is 10.0 Å². The van der Waals surface area contributed by atoms with Crippen molar-refractivity contribution in [1.82, 2.24) is 33.5 Å². The van der Waals surface area contributed by atoms with E-state index in [9.17, 15) is 8.42 Å². The average molecular weight is 514 g/mol. The fourth-order valence-electron chi connectivity index (χ4n) is 4.96. The third kappa shape index (κ3) is 4.07. The Hall–Kier alpha value is -4.37. The molecule has 0 saturated heterocycles. The van der Waals surface area contributed by atoms with Crippen LogP contribution in [0.5, 0.6) is 0 Å². The van der Waals surface area contributed by atoms with E-state index in [1.54, 1.807) is 42.7 Å². The molecule has 2 atom stereocenters. The molecule has 4 aromatic heterocycles. The summed E-state index contributed by atoms with van der Waals surface area (Å²) in [6, 6.07) is 10.5. The Morgan fingerprint density at radius 3 is 2.65 bits per heavy atom. The highest BCUT2D eigenvalue weighted by molar-refractivity contribution is 7.90. The van der Waals surface area contributed by atoms with Crippen molar-refractivity contribution in [3.63, 3.8) is 0 Å². The first-order chi connectivity index (χ1) is 17.9. The number of nitriles is 1. The second-order valence-electron chi connectivity index (χ2n) is 9.30. The molecular weight excluding hydrogens is 490 g/mol. The lowest BCUT2D eigenvalue weighted by Crippen LogP contribution is -2.13. The molecule has 0 amide bonds. The molecule has 1 saturated carbocycles. The van der Waals surface area contributed by atoms with E-state index in [2.05, 4.69) is 30.5 Å². The van der Waals surface area contributed by atoms with Crippen molar-refractivity contribution in [2.45, 2.75) is 37.0 Å². The second kappa shape index (κ2) is 8.94. The summed E-state index contributed by atoms with van der Waals surface area (Å²) in [5, 5.41) is 21.0. The Morgan fingerprint density at radius 2 is 1.89 bits per heavy atom. The van der Waals surface area contributed by atoms with Crippen LogP contribution < -0.4 is 5.32 Å².